The Bertz CT molecular complexity index is 800. The minimum atomic E-state index is -0.664. The van der Waals surface area contributed by atoms with Crippen LogP contribution >= 0.6 is 27.7 Å². The Morgan fingerprint density at radius 3 is 2.26 bits per heavy atom. The summed E-state index contributed by atoms with van der Waals surface area (Å²) in [4.78, 5) is 36.3. The molecule has 0 saturated heterocycles. The minimum absolute atomic E-state index is 0.0164. The zero-order valence-electron chi connectivity index (χ0n) is 15.2. The molecule has 0 saturated carbocycles. The molecule has 142 valence electrons. The number of carbonyl (C=O) groups excluding carboxylic acids is 3. The van der Waals surface area contributed by atoms with Crippen molar-refractivity contribution < 1.29 is 19.1 Å². The van der Waals surface area contributed by atoms with Crippen LogP contribution in [0.15, 0.2) is 53.0 Å². The monoisotopic (exact) mass is 448 g/mol. The zero-order chi connectivity index (χ0) is 19.8. The van der Waals surface area contributed by atoms with Crippen molar-refractivity contribution in [1.82, 2.24) is 0 Å². The van der Waals surface area contributed by atoms with Crippen molar-refractivity contribution in [3.63, 3.8) is 0 Å². The summed E-state index contributed by atoms with van der Waals surface area (Å²) >= 11 is 4.39. The molecule has 2 aromatic rings. The number of hydrogen-bond donors (Lipinski definition) is 0. The van der Waals surface area contributed by atoms with Gasteiger partial charge in [-0.2, -0.15) is 0 Å². The summed E-state index contributed by atoms with van der Waals surface area (Å²) in [6.45, 7) is 3.52. The van der Waals surface area contributed by atoms with Crippen molar-refractivity contribution in [3.05, 3.63) is 69.7 Å². The summed E-state index contributed by atoms with van der Waals surface area (Å²) in [5, 5.41) is -0.0940. The van der Waals surface area contributed by atoms with E-state index < -0.39 is 11.9 Å². The third-order valence-corrected chi connectivity index (χ3v) is 5.43. The van der Waals surface area contributed by atoms with E-state index in [-0.39, 0.29) is 29.7 Å². The first-order valence-electron chi connectivity index (χ1n) is 8.49. The van der Waals surface area contributed by atoms with Gasteiger partial charge in [-0.25, -0.2) is 0 Å². The lowest BCUT2D eigenvalue weighted by molar-refractivity contribution is -0.149. The Morgan fingerprint density at radius 1 is 1.04 bits per heavy atom. The quantitative estimate of drug-likeness (QED) is 0.421. The second-order valence-electron chi connectivity index (χ2n) is 6.23. The highest BCUT2D eigenvalue weighted by atomic mass is 79.9. The molecule has 2 aromatic carbocycles. The molecular weight excluding hydrogens is 428 g/mol. The number of thioether (sulfide) groups is 1. The molecule has 0 aliphatic heterocycles. The summed E-state index contributed by atoms with van der Waals surface area (Å²) in [6, 6.07) is 14.7. The standard InChI is InChI=1S/C21H21BrO4S/c1-14-3-7-17(8-4-14)20(24)11-18(13-27-15(2)23)21(25)26-12-16-5-9-19(22)10-6-16/h3-10,18H,11-13H2,1-2H3/t18-/m0/s1. The topological polar surface area (TPSA) is 60.4 Å². The van der Waals surface area contributed by atoms with E-state index in [1.165, 1.54) is 6.92 Å². The Kier molecular flexibility index (Phi) is 8.25. The molecule has 0 spiro atoms. The largest absolute Gasteiger partial charge is 0.461 e. The SMILES string of the molecule is CC(=O)SC[C@H](CC(=O)c1ccc(C)cc1)C(=O)OCc1ccc(Br)cc1. The third-order valence-electron chi connectivity index (χ3n) is 3.92. The maximum absolute atomic E-state index is 12.5. The van der Waals surface area contributed by atoms with Crippen LogP contribution in [0.5, 0.6) is 0 Å². The molecule has 0 amide bonds. The highest BCUT2D eigenvalue weighted by molar-refractivity contribution is 9.10. The fourth-order valence-electron chi connectivity index (χ4n) is 2.36. The molecule has 1 atom stereocenters. The first-order valence-corrected chi connectivity index (χ1v) is 10.3. The van der Waals surface area contributed by atoms with Gasteiger partial charge in [0.1, 0.15) is 6.61 Å². The third kappa shape index (κ3) is 7.31. The van der Waals surface area contributed by atoms with Gasteiger partial charge in [-0.05, 0) is 24.6 Å². The molecule has 0 bridgehead atoms. The number of ketones is 1. The van der Waals surface area contributed by atoms with E-state index in [1.54, 1.807) is 12.1 Å². The second kappa shape index (κ2) is 10.4. The van der Waals surface area contributed by atoms with Crippen molar-refractivity contribution >= 4 is 44.6 Å². The van der Waals surface area contributed by atoms with Crippen molar-refractivity contribution in [1.29, 1.82) is 0 Å². The summed E-state index contributed by atoms with van der Waals surface area (Å²) < 4.78 is 6.33. The van der Waals surface area contributed by atoms with Gasteiger partial charge < -0.3 is 4.74 Å². The molecule has 0 unspecified atom stereocenters. The Balaban J connectivity index is 2.01. The Hall–Kier alpha value is -1.92. The highest BCUT2D eigenvalue weighted by Gasteiger charge is 2.25. The minimum Gasteiger partial charge on any atom is -0.461 e. The van der Waals surface area contributed by atoms with Gasteiger partial charge in [-0.1, -0.05) is 69.7 Å². The number of esters is 1. The van der Waals surface area contributed by atoms with Gasteiger partial charge in [-0.3, -0.25) is 14.4 Å². The van der Waals surface area contributed by atoms with E-state index in [2.05, 4.69) is 15.9 Å². The molecule has 0 fully saturated rings. The lowest BCUT2D eigenvalue weighted by atomic mass is 9.99. The summed E-state index contributed by atoms with van der Waals surface area (Å²) in [5.41, 5.74) is 2.47. The number of carbonyl (C=O) groups is 3. The predicted octanol–water partition coefficient (Wildman–Crippen LogP) is 4.97. The molecular formula is C21H21BrO4S. The molecule has 4 nitrogen and oxygen atoms in total. The van der Waals surface area contributed by atoms with E-state index in [4.69, 9.17) is 4.74 Å². The van der Waals surface area contributed by atoms with E-state index in [0.717, 1.165) is 27.4 Å². The smallest absolute Gasteiger partial charge is 0.310 e. The lowest BCUT2D eigenvalue weighted by Gasteiger charge is -2.15. The van der Waals surface area contributed by atoms with Gasteiger partial charge in [0.2, 0.25) is 0 Å². The van der Waals surface area contributed by atoms with Gasteiger partial charge in [0.05, 0.1) is 5.92 Å². The predicted molar refractivity (Wildman–Crippen MR) is 111 cm³/mol. The Labute approximate surface area is 171 Å². The first-order chi connectivity index (χ1) is 12.8. The molecule has 2 rings (SSSR count). The first kappa shape index (κ1) is 21.4. The van der Waals surface area contributed by atoms with Crippen molar-refractivity contribution in [2.24, 2.45) is 5.92 Å². The van der Waals surface area contributed by atoms with Gasteiger partial charge in [0, 0.05) is 29.1 Å². The van der Waals surface area contributed by atoms with Crippen LogP contribution in [0.2, 0.25) is 0 Å². The maximum atomic E-state index is 12.5. The number of aryl methyl sites for hydroxylation is 1. The average Bonchev–Trinajstić information content (AvgIpc) is 2.64. The molecule has 0 radical (unpaired) electrons. The van der Waals surface area contributed by atoms with Gasteiger partial charge in [0.25, 0.3) is 0 Å². The number of benzene rings is 2. The van der Waals surface area contributed by atoms with Gasteiger partial charge in [0.15, 0.2) is 10.9 Å². The molecule has 6 heteroatoms. The van der Waals surface area contributed by atoms with Gasteiger partial charge >= 0.3 is 5.97 Å². The molecule has 0 aromatic heterocycles. The van der Waals surface area contributed by atoms with E-state index >= 15 is 0 Å². The normalized spacial score (nSPS) is 11.7. The van der Waals surface area contributed by atoms with Crippen LogP contribution < -0.4 is 0 Å². The molecule has 0 aliphatic rings. The fourth-order valence-corrected chi connectivity index (χ4v) is 3.32. The highest BCUT2D eigenvalue weighted by Crippen LogP contribution is 2.19. The van der Waals surface area contributed by atoms with Crippen LogP contribution in [0.1, 0.15) is 34.8 Å². The summed E-state index contributed by atoms with van der Waals surface area (Å²) in [6.07, 6.45) is 0.0164. The van der Waals surface area contributed by atoms with Crippen LogP contribution in [-0.4, -0.2) is 22.6 Å². The van der Waals surface area contributed by atoms with Crippen LogP contribution in [0.25, 0.3) is 0 Å². The van der Waals surface area contributed by atoms with Crippen LogP contribution in [0.4, 0.5) is 0 Å². The van der Waals surface area contributed by atoms with E-state index in [0.29, 0.717) is 5.56 Å². The van der Waals surface area contributed by atoms with Crippen molar-refractivity contribution in [3.8, 4) is 0 Å². The van der Waals surface area contributed by atoms with E-state index in [9.17, 15) is 14.4 Å². The number of Topliss-reactive ketones (excluding diaryl/α,β-unsaturated/α-hetero) is 1. The zero-order valence-corrected chi connectivity index (χ0v) is 17.6. The van der Waals surface area contributed by atoms with Crippen LogP contribution in [0.3, 0.4) is 0 Å². The maximum Gasteiger partial charge on any atom is 0.310 e. The second-order valence-corrected chi connectivity index (χ2v) is 8.34. The van der Waals surface area contributed by atoms with Crippen molar-refractivity contribution in [2.45, 2.75) is 26.9 Å². The lowest BCUT2D eigenvalue weighted by Crippen LogP contribution is -2.23. The van der Waals surface area contributed by atoms with Crippen LogP contribution in [0, 0.1) is 12.8 Å². The van der Waals surface area contributed by atoms with Crippen LogP contribution in [-0.2, 0) is 20.9 Å². The van der Waals surface area contributed by atoms with E-state index in [1.807, 2.05) is 43.3 Å². The molecule has 0 N–H and O–H groups in total. The van der Waals surface area contributed by atoms with Gasteiger partial charge in [-0.15, -0.1) is 0 Å². The summed E-state index contributed by atoms with van der Waals surface area (Å²) in [5.74, 6) is -1.04. The summed E-state index contributed by atoms with van der Waals surface area (Å²) in [7, 11) is 0. The van der Waals surface area contributed by atoms with Crippen molar-refractivity contribution in [2.75, 3.05) is 5.75 Å². The molecule has 27 heavy (non-hydrogen) atoms. The number of hydrogen-bond acceptors (Lipinski definition) is 5. The molecule has 0 aliphatic carbocycles. The average molecular weight is 449 g/mol. The number of ether oxygens (including phenoxy) is 1. The Morgan fingerprint density at radius 2 is 1.67 bits per heavy atom. The number of rotatable bonds is 8. The molecule has 0 heterocycles. The fraction of sp³-hybridized carbons (Fsp3) is 0.286. The number of halogens is 1.